The summed E-state index contributed by atoms with van der Waals surface area (Å²) in [5, 5.41) is 18.7. The van der Waals surface area contributed by atoms with Crippen LogP contribution in [0.4, 0.5) is 0 Å². The van der Waals surface area contributed by atoms with E-state index in [1.54, 1.807) is 6.92 Å². The summed E-state index contributed by atoms with van der Waals surface area (Å²) in [6, 6.07) is 0. The number of aromatic nitrogens is 3. The Morgan fingerprint density at radius 1 is 1.41 bits per heavy atom. The second-order valence-electron chi connectivity index (χ2n) is 4.78. The molecule has 1 aromatic heterocycles. The molecule has 1 rings (SSSR count). The number of nitrogens with zero attached hydrogens (tertiary/aromatic N) is 3. The quantitative estimate of drug-likeness (QED) is 0.786. The minimum absolute atomic E-state index is 0.0383. The lowest BCUT2D eigenvalue weighted by Gasteiger charge is -2.20. The van der Waals surface area contributed by atoms with Crippen molar-refractivity contribution in [2.45, 2.75) is 39.8 Å². The summed E-state index contributed by atoms with van der Waals surface area (Å²) in [4.78, 5) is 22.3. The number of hydrogen-bond acceptors (Lipinski definition) is 4. The highest BCUT2D eigenvalue weighted by Gasteiger charge is 2.18. The van der Waals surface area contributed by atoms with E-state index < -0.39 is 5.97 Å². The van der Waals surface area contributed by atoms with Crippen LogP contribution in [0, 0.1) is 6.92 Å². The lowest BCUT2D eigenvalue weighted by molar-refractivity contribution is -0.123. The number of carboxylic acids is 1. The molecule has 0 radical (unpaired) electrons. The number of carboxylic acid groups (broad SMARTS) is 1. The Morgan fingerprint density at radius 3 is 2.41 bits per heavy atom. The molecule has 0 bridgehead atoms. The number of amides is 1. The molecular weight excluding hydrogens is 224 g/mol. The predicted molar refractivity (Wildman–Crippen MR) is 59.6 cm³/mol. The van der Waals surface area contributed by atoms with E-state index in [0.717, 1.165) is 0 Å². The van der Waals surface area contributed by atoms with Gasteiger partial charge in [0, 0.05) is 5.54 Å². The fraction of sp³-hybridized carbons (Fsp3) is 0.600. The van der Waals surface area contributed by atoms with Crippen molar-refractivity contribution in [1.82, 2.24) is 20.3 Å². The van der Waals surface area contributed by atoms with Gasteiger partial charge in [-0.05, 0) is 27.7 Å². The molecule has 0 aliphatic rings. The fourth-order valence-electron chi connectivity index (χ4n) is 1.30. The minimum Gasteiger partial charge on any atom is -0.476 e. The first kappa shape index (κ1) is 13.1. The van der Waals surface area contributed by atoms with Crippen molar-refractivity contribution >= 4 is 11.9 Å². The number of carbonyl (C=O) groups is 2. The maximum absolute atomic E-state index is 11.6. The molecule has 1 aromatic rings. The second kappa shape index (κ2) is 4.52. The van der Waals surface area contributed by atoms with Gasteiger partial charge in [-0.25, -0.2) is 9.48 Å². The number of rotatable bonds is 3. The number of carbonyl (C=O) groups excluding carboxylic acids is 1. The van der Waals surface area contributed by atoms with Crippen molar-refractivity contribution in [2.75, 3.05) is 0 Å². The average Bonchev–Trinajstić information content (AvgIpc) is 2.44. The summed E-state index contributed by atoms with van der Waals surface area (Å²) in [5.41, 5.74) is -0.101. The van der Waals surface area contributed by atoms with E-state index in [4.69, 9.17) is 5.11 Å². The van der Waals surface area contributed by atoms with E-state index in [-0.39, 0.29) is 23.7 Å². The maximum Gasteiger partial charge on any atom is 0.358 e. The first-order chi connectivity index (χ1) is 7.70. The van der Waals surface area contributed by atoms with Crippen LogP contribution in [0.2, 0.25) is 0 Å². The average molecular weight is 240 g/mol. The molecule has 0 saturated carbocycles. The molecule has 7 nitrogen and oxygen atoms in total. The van der Waals surface area contributed by atoms with Crippen LogP contribution in [-0.4, -0.2) is 37.5 Å². The Labute approximate surface area is 98.8 Å². The van der Waals surface area contributed by atoms with Gasteiger partial charge in [0.1, 0.15) is 6.54 Å². The highest BCUT2D eigenvalue weighted by atomic mass is 16.4. The molecule has 0 unspecified atom stereocenters. The zero-order valence-electron chi connectivity index (χ0n) is 10.3. The van der Waals surface area contributed by atoms with Gasteiger partial charge in [0.25, 0.3) is 0 Å². The van der Waals surface area contributed by atoms with Crippen molar-refractivity contribution < 1.29 is 14.7 Å². The highest BCUT2D eigenvalue weighted by Crippen LogP contribution is 2.04. The molecule has 0 saturated heterocycles. The summed E-state index contributed by atoms with van der Waals surface area (Å²) < 4.78 is 1.27. The van der Waals surface area contributed by atoms with Crippen molar-refractivity contribution in [3.63, 3.8) is 0 Å². The van der Waals surface area contributed by atoms with Gasteiger partial charge >= 0.3 is 5.97 Å². The van der Waals surface area contributed by atoms with Crippen LogP contribution in [-0.2, 0) is 11.3 Å². The number of hydrogen-bond donors (Lipinski definition) is 2. The van der Waals surface area contributed by atoms with Gasteiger partial charge in [-0.1, -0.05) is 5.21 Å². The Morgan fingerprint density at radius 2 is 2.00 bits per heavy atom. The molecule has 1 amide bonds. The molecule has 0 aliphatic heterocycles. The third-order valence-electron chi connectivity index (χ3n) is 1.99. The van der Waals surface area contributed by atoms with Crippen LogP contribution in [0.5, 0.6) is 0 Å². The van der Waals surface area contributed by atoms with Crippen LogP contribution in [0.25, 0.3) is 0 Å². The van der Waals surface area contributed by atoms with Gasteiger partial charge in [-0.3, -0.25) is 4.79 Å². The summed E-state index contributed by atoms with van der Waals surface area (Å²) in [5.74, 6) is -1.38. The van der Waals surface area contributed by atoms with Crippen molar-refractivity contribution in [3.05, 3.63) is 11.4 Å². The first-order valence-corrected chi connectivity index (χ1v) is 5.15. The molecule has 0 aliphatic carbocycles. The molecule has 17 heavy (non-hydrogen) atoms. The third-order valence-corrected chi connectivity index (χ3v) is 1.99. The summed E-state index contributed by atoms with van der Waals surface area (Å²) >= 11 is 0. The van der Waals surface area contributed by atoms with Gasteiger partial charge in [-0.15, -0.1) is 5.10 Å². The molecule has 0 fully saturated rings. The maximum atomic E-state index is 11.6. The zero-order valence-corrected chi connectivity index (χ0v) is 10.3. The van der Waals surface area contributed by atoms with E-state index in [9.17, 15) is 9.59 Å². The largest absolute Gasteiger partial charge is 0.476 e. The molecular formula is C10H16N4O3. The summed E-state index contributed by atoms with van der Waals surface area (Å²) in [7, 11) is 0. The minimum atomic E-state index is -1.15. The molecule has 0 atom stereocenters. The van der Waals surface area contributed by atoms with Crippen LogP contribution >= 0.6 is 0 Å². The Bertz CT molecular complexity index is 445. The van der Waals surface area contributed by atoms with E-state index in [1.807, 2.05) is 20.8 Å². The van der Waals surface area contributed by atoms with Crippen LogP contribution in [0.15, 0.2) is 0 Å². The van der Waals surface area contributed by atoms with E-state index in [1.165, 1.54) is 4.68 Å². The van der Waals surface area contributed by atoms with Crippen LogP contribution in [0.3, 0.4) is 0 Å². The monoisotopic (exact) mass is 240 g/mol. The normalized spacial score (nSPS) is 11.3. The molecule has 2 N–H and O–H groups in total. The fourth-order valence-corrected chi connectivity index (χ4v) is 1.30. The van der Waals surface area contributed by atoms with Crippen molar-refractivity contribution in [2.24, 2.45) is 0 Å². The topological polar surface area (TPSA) is 97.1 Å². The lowest BCUT2D eigenvalue weighted by atomic mass is 10.1. The van der Waals surface area contributed by atoms with E-state index >= 15 is 0 Å². The number of nitrogens with one attached hydrogen (secondary N) is 1. The first-order valence-electron chi connectivity index (χ1n) is 5.15. The third kappa shape index (κ3) is 3.54. The van der Waals surface area contributed by atoms with Crippen molar-refractivity contribution in [1.29, 1.82) is 0 Å². The molecule has 94 valence electrons. The molecule has 0 aromatic carbocycles. The second-order valence-corrected chi connectivity index (χ2v) is 4.78. The zero-order chi connectivity index (χ0) is 13.2. The lowest BCUT2D eigenvalue weighted by Crippen LogP contribution is -2.42. The molecule has 1 heterocycles. The predicted octanol–water partition coefficient (Wildman–Crippen LogP) is 0.199. The standard InChI is InChI=1S/C10H16N4O3/c1-6-8(9(16)17)12-13-14(6)5-7(15)11-10(2,3)4/h5H2,1-4H3,(H,11,15)(H,16,17). The van der Waals surface area contributed by atoms with Gasteiger partial charge in [0.05, 0.1) is 5.69 Å². The Kier molecular flexibility index (Phi) is 3.50. The van der Waals surface area contributed by atoms with Gasteiger partial charge in [0.15, 0.2) is 5.69 Å². The Balaban J connectivity index is 2.76. The van der Waals surface area contributed by atoms with Crippen molar-refractivity contribution in [3.8, 4) is 0 Å². The molecule has 0 spiro atoms. The highest BCUT2D eigenvalue weighted by molar-refractivity contribution is 5.86. The van der Waals surface area contributed by atoms with Gasteiger partial charge < -0.3 is 10.4 Å². The van der Waals surface area contributed by atoms with Gasteiger partial charge in [0.2, 0.25) is 5.91 Å². The summed E-state index contributed by atoms with van der Waals surface area (Å²) in [6.07, 6.45) is 0. The van der Waals surface area contributed by atoms with Gasteiger partial charge in [-0.2, -0.15) is 0 Å². The van der Waals surface area contributed by atoms with Crippen LogP contribution < -0.4 is 5.32 Å². The smallest absolute Gasteiger partial charge is 0.358 e. The summed E-state index contributed by atoms with van der Waals surface area (Å²) in [6.45, 7) is 7.11. The van der Waals surface area contributed by atoms with E-state index in [0.29, 0.717) is 5.69 Å². The molecule has 7 heteroatoms. The SMILES string of the molecule is Cc1c(C(=O)O)nnn1CC(=O)NC(C)(C)C. The number of aromatic carboxylic acids is 1. The van der Waals surface area contributed by atoms with E-state index in [2.05, 4.69) is 15.6 Å². The Hall–Kier alpha value is -1.92. The van der Waals surface area contributed by atoms with Crippen LogP contribution in [0.1, 0.15) is 37.0 Å².